The van der Waals surface area contributed by atoms with Crippen molar-refractivity contribution in [2.75, 3.05) is 20.3 Å². The molecule has 0 bridgehead atoms. The first kappa shape index (κ1) is 13.3. The molecule has 104 valence electrons. The lowest BCUT2D eigenvalue weighted by Crippen LogP contribution is -2.02. The van der Waals surface area contributed by atoms with E-state index in [0.717, 1.165) is 34.1 Å². The summed E-state index contributed by atoms with van der Waals surface area (Å²) >= 11 is 3.38. The highest BCUT2D eigenvalue weighted by Crippen LogP contribution is 2.28. The van der Waals surface area contributed by atoms with Gasteiger partial charge in [-0.15, -0.1) is 0 Å². The molecule has 0 atom stereocenters. The van der Waals surface area contributed by atoms with E-state index < -0.39 is 0 Å². The lowest BCUT2D eigenvalue weighted by molar-refractivity contribution is 0.0603. The number of methoxy groups -OCH3 is 1. The number of aromatic amines is 1. The van der Waals surface area contributed by atoms with Crippen LogP contribution in [0.2, 0.25) is 0 Å². The second-order valence-electron chi connectivity index (χ2n) is 4.58. The third-order valence-corrected chi connectivity index (χ3v) is 3.72. The molecule has 1 aromatic heterocycles. The zero-order valence-corrected chi connectivity index (χ0v) is 12.5. The Morgan fingerprint density at radius 2 is 2.40 bits per heavy atom. The van der Waals surface area contributed by atoms with Crippen LogP contribution in [0.3, 0.4) is 0 Å². The summed E-state index contributed by atoms with van der Waals surface area (Å²) in [4.78, 5) is 11.9. The van der Waals surface area contributed by atoms with Crippen LogP contribution >= 0.6 is 15.9 Å². The highest BCUT2D eigenvalue weighted by Gasteiger charge is 2.17. The number of carbonyl (C=O) groups excluding carboxylic acids is 1. The van der Waals surface area contributed by atoms with E-state index in [4.69, 9.17) is 9.47 Å². The topological polar surface area (TPSA) is 64.2 Å². The van der Waals surface area contributed by atoms with Gasteiger partial charge in [-0.25, -0.2) is 4.79 Å². The van der Waals surface area contributed by atoms with E-state index in [-0.39, 0.29) is 5.97 Å². The molecule has 0 unspecified atom stereocenters. The van der Waals surface area contributed by atoms with E-state index >= 15 is 0 Å². The van der Waals surface area contributed by atoms with Crippen LogP contribution in [0, 0.1) is 0 Å². The molecule has 2 heterocycles. The van der Waals surface area contributed by atoms with Crippen LogP contribution in [0.1, 0.15) is 22.5 Å². The van der Waals surface area contributed by atoms with E-state index in [1.807, 2.05) is 12.1 Å². The van der Waals surface area contributed by atoms with Gasteiger partial charge in [-0.2, -0.15) is 5.10 Å². The van der Waals surface area contributed by atoms with Crippen LogP contribution in [0.25, 0.3) is 17.0 Å². The van der Waals surface area contributed by atoms with Crippen LogP contribution in [0.5, 0.6) is 0 Å². The Morgan fingerprint density at radius 3 is 3.10 bits per heavy atom. The Balaban J connectivity index is 2.18. The molecule has 20 heavy (non-hydrogen) atoms. The van der Waals surface area contributed by atoms with Crippen LogP contribution in [-0.4, -0.2) is 36.5 Å². The van der Waals surface area contributed by atoms with Crippen LogP contribution < -0.4 is 0 Å². The van der Waals surface area contributed by atoms with Gasteiger partial charge in [0.25, 0.3) is 0 Å². The fraction of sp³-hybridized carbons (Fsp3) is 0.286. The quantitative estimate of drug-likeness (QED) is 0.856. The SMILES string of the molecule is COC(=O)c1cc(Br)cc2n[nH]c(/C=C3\CCOC3)c12. The second-order valence-corrected chi connectivity index (χ2v) is 5.50. The molecule has 1 fully saturated rings. The van der Waals surface area contributed by atoms with Crippen molar-refractivity contribution in [1.82, 2.24) is 10.2 Å². The number of rotatable bonds is 2. The zero-order chi connectivity index (χ0) is 14.1. The number of nitrogens with one attached hydrogen (secondary N) is 1. The van der Waals surface area contributed by atoms with Crippen molar-refractivity contribution in [2.45, 2.75) is 6.42 Å². The molecule has 1 N–H and O–H groups in total. The molecule has 3 rings (SSSR count). The Labute approximate surface area is 124 Å². The summed E-state index contributed by atoms with van der Waals surface area (Å²) in [5, 5.41) is 8.00. The summed E-state index contributed by atoms with van der Waals surface area (Å²) in [5.41, 5.74) is 3.23. The molecular weight excluding hydrogens is 324 g/mol. The van der Waals surface area contributed by atoms with Crippen LogP contribution in [0.15, 0.2) is 22.2 Å². The molecule has 0 saturated carbocycles. The van der Waals surface area contributed by atoms with Crippen molar-refractivity contribution in [3.05, 3.63) is 33.4 Å². The average molecular weight is 337 g/mol. The van der Waals surface area contributed by atoms with Gasteiger partial charge in [0.15, 0.2) is 0 Å². The van der Waals surface area contributed by atoms with Gasteiger partial charge in [0.2, 0.25) is 0 Å². The highest BCUT2D eigenvalue weighted by molar-refractivity contribution is 9.10. The van der Waals surface area contributed by atoms with Gasteiger partial charge in [0.1, 0.15) is 0 Å². The number of halogens is 1. The molecule has 0 spiro atoms. The molecule has 0 aliphatic carbocycles. The third kappa shape index (κ3) is 2.36. The Bertz CT molecular complexity index is 698. The number of nitrogens with zero attached hydrogens (tertiary/aromatic N) is 1. The lowest BCUT2D eigenvalue weighted by Gasteiger charge is -2.03. The molecule has 2 aromatic rings. The van der Waals surface area contributed by atoms with Crippen LogP contribution in [0.4, 0.5) is 0 Å². The molecule has 1 aliphatic rings. The Kier molecular flexibility index (Phi) is 3.58. The fourth-order valence-corrected chi connectivity index (χ4v) is 2.76. The minimum atomic E-state index is -0.375. The largest absolute Gasteiger partial charge is 0.465 e. The second kappa shape index (κ2) is 5.38. The van der Waals surface area contributed by atoms with Crippen molar-refractivity contribution in [1.29, 1.82) is 0 Å². The van der Waals surface area contributed by atoms with Crippen molar-refractivity contribution in [3.8, 4) is 0 Å². The van der Waals surface area contributed by atoms with Gasteiger partial charge in [0, 0.05) is 9.86 Å². The summed E-state index contributed by atoms with van der Waals surface area (Å²) < 4.78 is 11.0. The normalized spacial score (nSPS) is 17.0. The van der Waals surface area contributed by atoms with Gasteiger partial charge in [-0.05, 0) is 30.2 Å². The number of hydrogen-bond acceptors (Lipinski definition) is 4. The molecule has 0 amide bonds. The van der Waals surface area contributed by atoms with E-state index in [0.29, 0.717) is 12.2 Å². The first-order chi connectivity index (χ1) is 9.69. The van der Waals surface area contributed by atoms with Gasteiger partial charge in [0.05, 0.1) is 37.1 Å². The van der Waals surface area contributed by atoms with Crippen molar-refractivity contribution >= 4 is 38.9 Å². The van der Waals surface area contributed by atoms with Crippen molar-refractivity contribution < 1.29 is 14.3 Å². The van der Waals surface area contributed by atoms with Crippen molar-refractivity contribution in [2.24, 2.45) is 0 Å². The van der Waals surface area contributed by atoms with Gasteiger partial charge in [-0.1, -0.05) is 15.9 Å². The van der Waals surface area contributed by atoms with Gasteiger partial charge >= 0.3 is 5.97 Å². The summed E-state index contributed by atoms with van der Waals surface area (Å²) in [6.45, 7) is 1.37. The zero-order valence-electron chi connectivity index (χ0n) is 10.9. The molecule has 5 nitrogen and oxygen atoms in total. The summed E-state index contributed by atoms with van der Waals surface area (Å²) in [7, 11) is 1.37. The standard InChI is InChI=1S/C14H13BrN2O3/c1-19-14(18)10-5-9(15)6-12-13(10)11(16-17-12)4-8-2-3-20-7-8/h4-6H,2-3,7H2,1H3,(H,16,17)/b8-4+. The molecule has 1 saturated heterocycles. The molecule has 1 aromatic carbocycles. The number of ether oxygens (including phenoxy) is 2. The number of carbonyl (C=O) groups is 1. The number of benzene rings is 1. The third-order valence-electron chi connectivity index (χ3n) is 3.26. The summed E-state index contributed by atoms with van der Waals surface area (Å²) in [5.74, 6) is -0.375. The van der Waals surface area contributed by atoms with E-state index in [1.165, 1.54) is 12.7 Å². The minimum absolute atomic E-state index is 0.375. The number of H-pyrrole nitrogens is 1. The first-order valence-corrected chi connectivity index (χ1v) is 7.01. The minimum Gasteiger partial charge on any atom is -0.465 e. The smallest absolute Gasteiger partial charge is 0.338 e. The molecular formula is C14H13BrN2O3. The lowest BCUT2D eigenvalue weighted by atomic mass is 10.1. The number of hydrogen-bond donors (Lipinski definition) is 1. The number of fused-ring (bicyclic) bond motifs is 1. The molecule has 6 heteroatoms. The summed E-state index contributed by atoms with van der Waals surface area (Å²) in [6.07, 6.45) is 2.91. The van der Waals surface area contributed by atoms with E-state index in [9.17, 15) is 4.79 Å². The van der Waals surface area contributed by atoms with Gasteiger partial charge in [-0.3, -0.25) is 5.10 Å². The predicted octanol–water partition coefficient (Wildman–Crippen LogP) is 2.92. The van der Waals surface area contributed by atoms with E-state index in [1.54, 1.807) is 6.07 Å². The highest BCUT2D eigenvalue weighted by atomic mass is 79.9. The monoisotopic (exact) mass is 336 g/mol. The number of aromatic nitrogens is 2. The maximum Gasteiger partial charge on any atom is 0.338 e. The predicted molar refractivity (Wildman–Crippen MR) is 78.5 cm³/mol. The van der Waals surface area contributed by atoms with Gasteiger partial charge < -0.3 is 9.47 Å². The number of esters is 1. The Morgan fingerprint density at radius 1 is 1.55 bits per heavy atom. The maximum atomic E-state index is 11.9. The van der Waals surface area contributed by atoms with Crippen LogP contribution in [-0.2, 0) is 9.47 Å². The first-order valence-electron chi connectivity index (χ1n) is 6.22. The van der Waals surface area contributed by atoms with Crippen molar-refractivity contribution in [3.63, 3.8) is 0 Å². The summed E-state index contributed by atoms with van der Waals surface area (Å²) in [6, 6.07) is 3.61. The fourth-order valence-electron chi connectivity index (χ4n) is 2.31. The van der Waals surface area contributed by atoms with E-state index in [2.05, 4.69) is 26.1 Å². The maximum absolute atomic E-state index is 11.9. The Hall–Kier alpha value is -1.66. The molecule has 0 radical (unpaired) electrons. The molecule has 1 aliphatic heterocycles. The average Bonchev–Trinajstić information content (AvgIpc) is 3.08.